The molecule has 0 unspecified atom stereocenters. The number of nitrogens with one attached hydrogen (secondary N) is 1. The third-order valence-corrected chi connectivity index (χ3v) is 3.49. The molecule has 22 heavy (non-hydrogen) atoms. The standard InChI is InChI=1S/C16H12F4N2/c17-13-4-2-1-3-12(13)10-5-6-14-11(7-10)8-22-15(9-21-14)16(18,19)20/h1-8,15,21H,9H2/t15-/m1/s1. The van der Waals surface area contributed by atoms with Gasteiger partial charge in [-0.05, 0) is 23.8 Å². The first kappa shape index (κ1) is 14.6. The first-order chi connectivity index (χ1) is 10.4. The SMILES string of the molecule is Fc1ccccc1-c1ccc2c(c1)C=N[C@@H](C(F)(F)F)CN2. The number of hydrogen-bond acceptors (Lipinski definition) is 2. The molecule has 1 atom stereocenters. The van der Waals surface area contributed by atoms with Crippen LogP contribution in [-0.2, 0) is 0 Å². The number of anilines is 1. The minimum Gasteiger partial charge on any atom is -0.382 e. The van der Waals surface area contributed by atoms with Gasteiger partial charge in [0.2, 0.25) is 0 Å². The normalized spacial score (nSPS) is 17.5. The molecule has 2 aromatic carbocycles. The van der Waals surface area contributed by atoms with Crippen molar-refractivity contribution in [2.75, 3.05) is 11.9 Å². The van der Waals surface area contributed by atoms with Crippen LogP contribution in [0.5, 0.6) is 0 Å². The van der Waals surface area contributed by atoms with Crippen LogP contribution in [0.4, 0.5) is 23.2 Å². The van der Waals surface area contributed by atoms with Crippen molar-refractivity contribution >= 4 is 11.9 Å². The molecule has 0 saturated carbocycles. The van der Waals surface area contributed by atoms with Crippen molar-refractivity contribution in [3.8, 4) is 11.1 Å². The predicted octanol–water partition coefficient (Wildman–Crippen LogP) is 4.27. The first-order valence-electron chi connectivity index (χ1n) is 6.68. The molecule has 1 heterocycles. The van der Waals surface area contributed by atoms with Gasteiger partial charge in [0.25, 0.3) is 0 Å². The van der Waals surface area contributed by atoms with E-state index in [4.69, 9.17) is 0 Å². The average molecular weight is 308 g/mol. The molecule has 1 N–H and O–H groups in total. The molecule has 0 saturated heterocycles. The first-order valence-corrected chi connectivity index (χ1v) is 6.68. The van der Waals surface area contributed by atoms with E-state index < -0.39 is 12.2 Å². The summed E-state index contributed by atoms with van der Waals surface area (Å²) in [6, 6.07) is 9.41. The van der Waals surface area contributed by atoms with Gasteiger partial charge < -0.3 is 5.32 Å². The van der Waals surface area contributed by atoms with Crippen LogP contribution in [0.2, 0.25) is 0 Å². The van der Waals surface area contributed by atoms with Crippen molar-refractivity contribution in [1.82, 2.24) is 0 Å². The van der Waals surface area contributed by atoms with Gasteiger partial charge >= 0.3 is 6.18 Å². The second-order valence-corrected chi connectivity index (χ2v) is 5.00. The molecule has 0 bridgehead atoms. The lowest BCUT2D eigenvalue weighted by Crippen LogP contribution is -2.33. The van der Waals surface area contributed by atoms with Crippen LogP contribution in [0.1, 0.15) is 5.56 Å². The Bertz CT molecular complexity index is 722. The molecule has 3 rings (SSSR count). The summed E-state index contributed by atoms with van der Waals surface area (Å²) in [5, 5.41) is 2.74. The topological polar surface area (TPSA) is 24.4 Å². The molecule has 2 nitrogen and oxygen atoms in total. The predicted molar refractivity (Wildman–Crippen MR) is 77.8 cm³/mol. The largest absolute Gasteiger partial charge is 0.412 e. The maximum Gasteiger partial charge on any atom is 0.412 e. The second-order valence-electron chi connectivity index (χ2n) is 5.00. The average Bonchev–Trinajstić information content (AvgIpc) is 2.69. The van der Waals surface area contributed by atoms with Gasteiger partial charge in [0, 0.05) is 29.6 Å². The van der Waals surface area contributed by atoms with Crippen LogP contribution < -0.4 is 5.32 Å². The zero-order chi connectivity index (χ0) is 15.7. The highest BCUT2D eigenvalue weighted by atomic mass is 19.4. The molecule has 6 heteroatoms. The smallest absolute Gasteiger partial charge is 0.382 e. The lowest BCUT2D eigenvalue weighted by molar-refractivity contribution is -0.143. The Morgan fingerprint density at radius 2 is 1.86 bits per heavy atom. The van der Waals surface area contributed by atoms with E-state index in [2.05, 4.69) is 10.3 Å². The van der Waals surface area contributed by atoms with E-state index in [9.17, 15) is 17.6 Å². The molecule has 0 aromatic heterocycles. The van der Waals surface area contributed by atoms with Crippen LogP contribution in [0.15, 0.2) is 47.5 Å². The van der Waals surface area contributed by atoms with E-state index in [0.29, 0.717) is 22.4 Å². The zero-order valence-electron chi connectivity index (χ0n) is 11.4. The van der Waals surface area contributed by atoms with Gasteiger partial charge in [0.15, 0.2) is 6.04 Å². The summed E-state index contributed by atoms with van der Waals surface area (Å²) in [4.78, 5) is 3.59. The highest BCUT2D eigenvalue weighted by molar-refractivity contribution is 5.91. The summed E-state index contributed by atoms with van der Waals surface area (Å²) in [6.45, 7) is -0.313. The third-order valence-electron chi connectivity index (χ3n) is 3.49. The Hall–Kier alpha value is -2.37. The molecule has 1 aliphatic heterocycles. The number of alkyl halides is 3. The summed E-state index contributed by atoms with van der Waals surface area (Å²) in [6.07, 6.45) is -3.20. The van der Waals surface area contributed by atoms with Gasteiger partial charge in [0.05, 0.1) is 0 Å². The Labute approximate surface area is 124 Å². The maximum absolute atomic E-state index is 13.8. The molecule has 0 amide bonds. The second kappa shape index (κ2) is 5.44. The van der Waals surface area contributed by atoms with Crippen molar-refractivity contribution in [3.63, 3.8) is 0 Å². The van der Waals surface area contributed by atoms with Crippen LogP contribution in [0, 0.1) is 5.82 Å². The Balaban J connectivity index is 1.98. The molecule has 0 radical (unpaired) electrons. The van der Waals surface area contributed by atoms with E-state index in [1.807, 2.05) is 0 Å². The van der Waals surface area contributed by atoms with Crippen molar-refractivity contribution in [1.29, 1.82) is 0 Å². The van der Waals surface area contributed by atoms with Crippen LogP contribution >= 0.6 is 0 Å². The van der Waals surface area contributed by atoms with Crippen molar-refractivity contribution in [3.05, 3.63) is 53.8 Å². The highest BCUT2D eigenvalue weighted by Crippen LogP contribution is 2.30. The van der Waals surface area contributed by atoms with Crippen molar-refractivity contribution in [2.24, 2.45) is 4.99 Å². The molecular weight excluding hydrogens is 296 g/mol. The van der Waals surface area contributed by atoms with Crippen molar-refractivity contribution in [2.45, 2.75) is 12.2 Å². The number of nitrogens with zero attached hydrogens (tertiary/aromatic N) is 1. The van der Waals surface area contributed by atoms with Crippen molar-refractivity contribution < 1.29 is 17.6 Å². The fraction of sp³-hybridized carbons (Fsp3) is 0.188. The zero-order valence-corrected chi connectivity index (χ0v) is 11.4. The lowest BCUT2D eigenvalue weighted by Gasteiger charge is -2.15. The summed E-state index contributed by atoms with van der Waals surface area (Å²) < 4.78 is 52.0. The summed E-state index contributed by atoms with van der Waals surface area (Å²) in [7, 11) is 0. The van der Waals surface area contributed by atoms with Gasteiger partial charge in [-0.2, -0.15) is 13.2 Å². The fourth-order valence-electron chi connectivity index (χ4n) is 2.32. The van der Waals surface area contributed by atoms with E-state index >= 15 is 0 Å². The van der Waals surface area contributed by atoms with Gasteiger partial charge in [-0.3, -0.25) is 4.99 Å². The van der Waals surface area contributed by atoms with Crippen LogP contribution in [0.3, 0.4) is 0 Å². The Morgan fingerprint density at radius 1 is 1.09 bits per heavy atom. The monoisotopic (exact) mass is 308 g/mol. The minimum atomic E-state index is -4.39. The molecule has 0 fully saturated rings. The minimum absolute atomic E-state index is 0.313. The Kier molecular flexibility index (Phi) is 3.60. The number of hydrogen-bond donors (Lipinski definition) is 1. The molecular formula is C16H12F4N2. The quantitative estimate of drug-likeness (QED) is 0.782. The molecule has 0 spiro atoms. The number of rotatable bonds is 1. The highest BCUT2D eigenvalue weighted by Gasteiger charge is 2.39. The Morgan fingerprint density at radius 3 is 2.59 bits per heavy atom. The third kappa shape index (κ3) is 2.81. The number of halogens is 4. The van der Waals surface area contributed by atoms with Gasteiger partial charge in [-0.25, -0.2) is 4.39 Å². The number of benzodiazepines with no additional fused rings is 1. The number of aliphatic imine (C=N–C) groups is 1. The molecule has 0 aliphatic carbocycles. The van der Waals surface area contributed by atoms with E-state index in [1.54, 1.807) is 36.4 Å². The van der Waals surface area contributed by atoms with Crippen LogP contribution in [0.25, 0.3) is 11.1 Å². The molecule has 1 aliphatic rings. The maximum atomic E-state index is 13.8. The lowest BCUT2D eigenvalue weighted by atomic mass is 10.0. The van der Waals surface area contributed by atoms with E-state index in [-0.39, 0.29) is 12.4 Å². The number of fused-ring (bicyclic) bond motifs is 1. The summed E-state index contributed by atoms with van der Waals surface area (Å²) in [5.74, 6) is -0.380. The molecule has 114 valence electrons. The fourth-order valence-corrected chi connectivity index (χ4v) is 2.32. The van der Waals surface area contributed by atoms with E-state index in [0.717, 1.165) is 0 Å². The number of benzene rings is 2. The summed E-state index contributed by atoms with van der Waals surface area (Å²) in [5.41, 5.74) is 2.05. The van der Waals surface area contributed by atoms with Crippen LogP contribution in [-0.4, -0.2) is 25.0 Å². The summed E-state index contributed by atoms with van der Waals surface area (Å²) >= 11 is 0. The molecule has 2 aromatic rings. The van der Waals surface area contributed by atoms with Gasteiger partial charge in [0.1, 0.15) is 5.82 Å². The van der Waals surface area contributed by atoms with Gasteiger partial charge in [-0.1, -0.05) is 24.3 Å². The van der Waals surface area contributed by atoms with Gasteiger partial charge in [-0.15, -0.1) is 0 Å². The van der Waals surface area contributed by atoms with E-state index in [1.165, 1.54) is 12.3 Å².